The third-order valence-electron chi connectivity index (χ3n) is 3.10. The van der Waals surface area contributed by atoms with E-state index >= 15 is 0 Å². The lowest BCUT2D eigenvalue weighted by Crippen LogP contribution is -2.51. The molecule has 13 heavy (non-hydrogen) atoms. The summed E-state index contributed by atoms with van der Waals surface area (Å²) in [6.45, 7) is 5.79. The lowest BCUT2D eigenvalue weighted by atomic mass is 9.89. The third kappa shape index (κ3) is 1.50. The molecule has 0 atom stereocenters. The van der Waals surface area contributed by atoms with Gasteiger partial charge < -0.3 is 15.5 Å². The van der Waals surface area contributed by atoms with Crippen LogP contribution in [0.4, 0.5) is 4.79 Å². The Kier molecular flexibility index (Phi) is 2.15. The Hall–Kier alpha value is -0.770. The number of carbonyl (C=O) groups is 1. The van der Waals surface area contributed by atoms with Gasteiger partial charge in [-0.3, -0.25) is 0 Å². The van der Waals surface area contributed by atoms with E-state index < -0.39 is 0 Å². The van der Waals surface area contributed by atoms with Crippen molar-refractivity contribution in [1.82, 2.24) is 15.5 Å². The third-order valence-corrected chi connectivity index (χ3v) is 3.10. The molecule has 4 nitrogen and oxygen atoms in total. The highest BCUT2D eigenvalue weighted by Gasteiger charge is 2.42. The van der Waals surface area contributed by atoms with Gasteiger partial charge in [-0.2, -0.15) is 0 Å². The van der Waals surface area contributed by atoms with Crippen molar-refractivity contribution in [3.8, 4) is 0 Å². The zero-order chi connectivity index (χ0) is 9.31. The van der Waals surface area contributed by atoms with E-state index in [-0.39, 0.29) is 11.6 Å². The van der Waals surface area contributed by atoms with Crippen molar-refractivity contribution in [3.05, 3.63) is 0 Å². The molecule has 2 amide bonds. The minimum absolute atomic E-state index is 0.0817. The topological polar surface area (TPSA) is 44.4 Å². The number of nitrogens with zero attached hydrogens (tertiary/aromatic N) is 1. The maximum absolute atomic E-state index is 11.5. The minimum atomic E-state index is 0.0817. The number of likely N-dealkylation sites (N-methyl/N-ethyl adjacent to an activating group) is 1. The lowest BCUT2D eigenvalue weighted by Gasteiger charge is -2.32. The molecular formula is C9H17N3O. The number of urea groups is 1. The fraction of sp³-hybridized carbons (Fsp3) is 0.889. The van der Waals surface area contributed by atoms with Gasteiger partial charge in [-0.15, -0.1) is 0 Å². The molecule has 2 aliphatic rings. The standard InChI is InChI=1S/C9H17N3O/c1-2-12-7-9(11-8(12)13)3-5-10-6-4-9/h10H,2-7H2,1H3,(H,11,13). The lowest BCUT2D eigenvalue weighted by molar-refractivity contribution is 0.219. The zero-order valence-corrected chi connectivity index (χ0v) is 8.10. The molecule has 0 aliphatic carbocycles. The van der Waals surface area contributed by atoms with Gasteiger partial charge in [0.25, 0.3) is 0 Å². The second-order valence-electron chi connectivity index (χ2n) is 3.97. The van der Waals surface area contributed by atoms with Crippen molar-refractivity contribution < 1.29 is 4.79 Å². The van der Waals surface area contributed by atoms with Crippen LogP contribution >= 0.6 is 0 Å². The fourth-order valence-electron chi connectivity index (χ4n) is 2.23. The molecule has 0 radical (unpaired) electrons. The first-order chi connectivity index (χ1) is 6.26. The van der Waals surface area contributed by atoms with Crippen molar-refractivity contribution >= 4 is 6.03 Å². The second-order valence-corrected chi connectivity index (χ2v) is 3.97. The Balaban J connectivity index is 2.05. The molecule has 0 aromatic rings. The van der Waals surface area contributed by atoms with Crippen LogP contribution < -0.4 is 10.6 Å². The van der Waals surface area contributed by atoms with Gasteiger partial charge in [-0.1, -0.05) is 0 Å². The van der Waals surface area contributed by atoms with E-state index in [0.29, 0.717) is 0 Å². The smallest absolute Gasteiger partial charge is 0.317 e. The minimum Gasteiger partial charge on any atom is -0.331 e. The molecule has 4 heteroatoms. The van der Waals surface area contributed by atoms with Gasteiger partial charge in [0.2, 0.25) is 0 Å². The Labute approximate surface area is 78.7 Å². The maximum Gasteiger partial charge on any atom is 0.317 e. The molecule has 1 spiro atoms. The summed E-state index contributed by atoms with van der Waals surface area (Å²) in [6.07, 6.45) is 2.13. The molecular weight excluding hydrogens is 166 g/mol. The second kappa shape index (κ2) is 3.18. The number of nitrogens with one attached hydrogen (secondary N) is 2. The van der Waals surface area contributed by atoms with Gasteiger partial charge in [-0.05, 0) is 32.9 Å². The van der Waals surface area contributed by atoms with E-state index in [2.05, 4.69) is 10.6 Å². The van der Waals surface area contributed by atoms with Gasteiger partial charge in [0.15, 0.2) is 0 Å². The number of hydrogen-bond acceptors (Lipinski definition) is 2. The SMILES string of the molecule is CCN1CC2(CCNCC2)NC1=O. The van der Waals surface area contributed by atoms with Crippen LogP contribution in [0.1, 0.15) is 19.8 Å². The molecule has 2 saturated heterocycles. The van der Waals surface area contributed by atoms with Crippen molar-refractivity contribution in [2.24, 2.45) is 0 Å². The van der Waals surface area contributed by atoms with Crippen LogP contribution in [0.5, 0.6) is 0 Å². The Morgan fingerprint density at radius 3 is 2.69 bits per heavy atom. The van der Waals surface area contributed by atoms with Gasteiger partial charge in [0.1, 0.15) is 0 Å². The summed E-state index contributed by atoms with van der Waals surface area (Å²) in [5.41, 5.74) is 0.0817. The molecule has 2 fully saturated rings. The van der Waals surface area contributed by atoms with E-state index in [1.165, 1.54) is 0 Å². The zero-order valence-electron chi connectivity index (χ0n) is 8.10. The van der Waals surface area contributed by atoms with Gasteiger partial charge >= 0.3 is 6.03 Å². The molecule has 0 aromatic carbocycles. The van der Waals surface area contributed by atoms with Crippen LogP contribution in [0.25, 0.3) is 0 Å². The first-order valence-electron chi connectivity index (χ1n) is 5.04. The molecule has 2 rings (SSSR count). The van der Waals surface area contributed by atoms with Crippen molar-refractivity contribution in [2.45, 2.75) is 25.3 Å². The normalized spacial score (nSPS) is 26.5. The predicted octanol–water partition coefficient (Wildman–Crippen LogP) is 0.154. The highest BCUT2D eigenvalue weighted by atomic mass is 16.2. The maximum atomic E-state index is 11.5. The molecule has 0 saturated carbocycles. The predicted molar refractivity (Wildman–Crippen MR) is 50.6 cm³/mol. The summed E-state index contributed by atoms with van der Waals surface area (Å²) in [5.74, 6) is 0. The van der Waals surface area contributed by atoms with E-state index in [4.69, 9.17) is 0 Å². The summed E-state index contributed by atoms with van der Waals surface area (Å²) in [7, 11) is 0. The molecule has 74 valence electrons. The van der Waals surface area contributed by atoms with Crippen LogP contribution in [0.2, 0.25) is 0 Å². The van der Waals surface area contributed by atoms with E-state index in [9.17, 15) is 4.79 Å². The highest BCUT2D eigenvalue weighted by Crippen LogP contribution is 2.24. The summed E-state index contributed by atoms with van der Waals surface area (Å²) in [6, 6.07) is 0.115. The first-order valence-corrected chi connectivity index (χ1v) is 5.04. The van der Waals surface area contributed by atoms with Crippen molar-refractivity contribution in [1.29, 1.82) is 0 Å². The quantitative estimate of drug-likeness (QED) is 0.608. The van der Waals surface area contributed by atoms with E-state index in [1.54, 1.807) is 0 Å². The highest BCUT2D eigenvalue weighted by molar-refractivity contribution is 5.77. The monoisotopic (exact) mass is 183 g/mol. The molecule has 0 bridgehead atoms. The van der Waals surface area contributed by atoms with Crippen LogP contribution in [0, 0.1) is 0 Å². The number of carbonyl (C=O) groups excluding carboxylic acids is 1. The average molecular weight is 183 g/mol. The Morgan fingerprint density at radius 1 is 1.46 bits per heavy atom. The summed E-state index contributed by atoms with van der Waals surface area (Å²) >= 11 is 0. The molecule has 2 heterocycles. The van der Waals surface area contributed by atoms with Gasteiger partial charge in [-0.25, -0.2) is 4.79 Å². The van der Waals surface area contributed by atoms with Crippen LogP contribution in [-0.4, -0.2) is 42.6 Å². The summed E-state index contributed by atoms with van der Waals surface area (Å²) < 4.78 is 0. The van der Waals surface area contributed by atoms with Crippen molar-refractivity contribution in [3.63, 3.8) is 0 Å². The van der Waals surface area contributed by atoms with Crippen LogP contribution in [0.3, 0.4) is 0 Å². The fourth-order valence-corrected chi connectivity index (χ4v) is 2.23. The molecule has 2 N–H and O–H groups in total. The Bertz CT molecular complexity index is 211. The van der Waals surface area contributed by atoms with Gasteiger partial charge in [0.05, 0.1) is 5.54 Å². The first kappa shape index (κ1) is 8.81. The number of piperidine rings is 1. The molecule has 2 aliphatic heterocycles. The number of hydrogen-bond donors (Lipinski definition) is 2. The summed E-state index contributed by atoms with van der Waals surface area (Å²) in [4.78, 5) is 13.4. The van der Waals surface area contributed by atoms with Gasteiger partial charge in [0, 0.05) is 13.1 Å². The van der Waals surface area contributed by atoms with Crippen LogP contribution in [0.15, 0.2) is 0 Å². The van der Waals surface area contributed by atoms with E-state index in [1.807, 2.05) is 11.8 Å². The largest absolute Gasteiger partial charge is 0.331 e. The molecule has 0 unspecified atom stereocenters. The molecule has 0 aromatic heterocycles. The average Bonchev–Trinajstić information content (AvgIpc) is 2.44. The summed E-state index contributed by atoms with van der Waals surface area (Å²) in [5, 5.41) is 6.43. The van der Waals surface area contributed by atoms with Crippen molar-refractivity contribution in [2.75, 3.05) is 26.2 Å². The number of amides is 2. The Morgan fingerprint density at radius 2 is 2.15 bits per heavy atom. The van der Waals surface area contributed by atoms with Crippen LogP contribution in [-0.2, 0) is 0 Å². The number of rotatable bonds is 1. The van der Waals surface area contributed by atoms with E-state index in [0.717, 1.165) is 39.0 Å².